The molecular weight excluding hydrogens is 833 g/mol. The first-order valence-corrected chi connectivity index (χ1v) is 24.0. The molecule has 3 aliphatic rings. The number of hydrogen-bond donors (Lipinski definition) is 3. The average Bonchev–Trinajstić information content (AvgIpc) is 3.50. The van der Waals surface area contributed by atoms with Crippen molar-refractivity contribution >= 4 is 56.4 Å². The van der Waals surface area contributed by atoms with Crippen molar-refractivity contribution in [2.75, 3.05) is 20.6 Å². The van der Waals surface area contributed by atoms with Crippen LogP contribution in [0.2, 0.25) is 0 Å². The molecule has 18 heteroatoms. The molecule has 2 aliphatic heterocycles. The van der Waals surface area contributed by atoms with Crippen molar-refractivity contribution in [1.82, 2.24) is 39.1 Å². The number of benzene rings is 1. The SMILES string of the molecule is CC(C)c1nc(-c2cccc3c2nc(OC2CC4C(=O)NC5(C(=O)NS(=O)(=O)N(C)C)CC5C=CCCCCCC(NC(=O)OC(C)(C)C)C(=O)N4C2)n3C(C)C)sc1C(C)C. The first kappa shape index (κ1) is 46.9. The van der Waals surface area contributed by atoms with Crippen molar-refractivity contribution in [2.24, 2.45) is 5.92 Å². The van der Waals surface area contributed by atoms with E-state index in [9.17, 15) is 27.6 Å². The molecule has 16 nitrogen and oxygen atoms in total. The van der Waals surface area contributed by atoms with Gasteiger partial charge < -0.3 is 25.0 Å². The second kappa shape index (κ2) is 18.3. The quantitative estimate of drug-likeness (QED) is 0.188. The Balaban J connectivity index is 1.38. The number of carbonyl (C=O) groups is 4. The highest BCUT2D eigenvalue weighted by Crippen LogP contribution is 2.46. The number of nitrogens with zero attached hydrogens (tertiary/aromatic N) is 5. The zero-order valence-corrected chi connectivity index (χ0v) is 39.5. The first-order valence-electron chi connectivity index (χ1n) is 21.7. The van der Waals surface area contributed by atoms with Crippen molar-refractivity contribution < 1.29 is 37.1 Å². The zero-order chi connectivity index (χ0) is 45.5. The minimum atomic E-state index is -4.19. The van der Waals surface area contributed by atoms with Crippen LogP contribution in [0.1, 0.15) is 136 Å². The summed E-state index contributed by atoms with van der Waals surface area (Å²) in [5, 5.41) is 6.53. The van der Waals surface area contributed by atoms with Crippen LogP contribution in [0.4, 0.5) is 4.79 Å². The number of aromatic nitrogens is 3. The predicted molar refractivity (Wildman–Crippen MR) is 239 cm³/mol. The number of para-hydroxylation sites is 1. The van der Waals surface area contributed by atoms with E-state index in [1.54, 1.807) is 32.1 Å². The molecule has 340 valence electrons. The van der Waals surface area contributed by atoms with Crippen molar-refractivity contribution in [3.8, 4) is 16.6 Å². The van der Waals surface area contributed by atoms with Gasteiger partial charge in [-0.25, -0.2) is 14.5 Å². The summed E-state index contributed by atoms with van der Waals surface area (Å²) in [4.78, 5) is 69.2. The fourth-order valence-corrected chi connectivity index (χ4v) is 10.0. The van der Waals surface area contributed by atoms with E-state index in [1.165, 1.54) is 23.9 Å². The number of amides is 4. The summed E-state index contributed by atoms with van der Waals surface area (Å²) < 4.78 is 43.0. The Bertz CT molecular complexity index is 2290. The molecule has 0 spiro atoms. The Morgan fingerprint density at radius 2 is 1.76 bits per heavy atom. The van der Waals surface area contributed by atoms with E-state index >= 15 is 0 Å². The van der Waals surface area contributed by atoms with Crippen molar-refractivity contribution in [3.05, 3.63) is 40.9 Å². The fraction of sp³-hybridized carbons (Fsp3) is 0.636. The van der Waals surface area contributed by atoms with E-state index < -0.39 is 69.3 Å². The van der Waals surface area contributed by atoms with Gasteiger partial charge in [0.2, 0.25) is 11.8 Å². The number of hydrogen-bond acceptors (Lipinski definition) is 11. The summed E-state index contributed by atoms with van der Waals surface area (Å²) in [6.07, 6.45) is 5.61. The van der Waals surface area contributed by atoms with Gasteiger partial charge in [-0.1, -0.05) is 58.8 Å². The maximum absolute atomic E-state index is 14.7. The lowest BCUT2D eigenvalue weighted by Crippen LogP contribution is -2.58. The molecule has 0 bridgehead atoms. The first-order chi connectivity index (χ1) is 29.0. The minimum absolute atomic E-state index is 0.0288. The van der Waals surface area contributed by atoms with E-state index in [-0.39, 0.29) is 31.3 Å². The van der Waals surface area contributed by atoms with Gasteiger partial charge in [0, 0.05) is 42.9 Å². The van der Waals surface area contributed by atoms with Gasteiger partial charge in [-0.3, -0.25) is 19.0 Å². The second-order valence-electron chi connectivity index (χ2n) is 18.8. The lowest BCUT2D eigenvalue weighted by atomic mass is 10.0. The van der Waals surface area contributed by atoms with Crippen molar-refractivity contribution in [3.63, 3.8) is 0 Å². The molecule has 5 atom stereocenters. The Hall–Kier alpha value is -4.55. The van der Waals surface area contributed by atoms with Crippen LogP contribution in [0.15, 0.2) is 30.4 Å². The summed E-state index contributed by atoms with van der Waals surface area (Å²) in [6, 6.07) is 4.04. The number of imidazole rings is 1. The third-order valence-corrected chi connectivity index (χ3v) is 14.3. The van der Waals surface area contributed by atoms with Gasteiger partial charge in [-0.15, -0.1) is 11.3 Å². The molecule has 4 heterocycles. The minimum Gasteiger partial charge on any atom is -0.459 e. The van der Waals surface area contributed by atoms with Crippen LogP contribution in [0, 0.1) is 5.92 Å². The largest absolute Gasteiger partial charge is 0.459 e. The highest BCUT2D eigenvalue weighted by atomic mass is 32.2. The van der Waals surface area contributed by atoms with Gasteiger partial charge in [0.05, 0.1) is 17.8 Å². The standard InChI is InChI=1S/C44H64N8O8S2/c1-25(2)34-36(26(3)4)61-38(46-34)30-19-17-21-32-35(30)47-41(52(32)27(5)6)59-29-22-33-37(53)48-44(40(55)49-62(57,58)50(10)11)23-28(44)18-15-13-12-14-16-20-31(39(54)51(33)24-29)45-42(56)60-43(7,8)9/h15,17-19,21,25-29,31,33H,12-14,16,20,22-24H2,1-11H3,(H,45,56)(H,48,53)(H,49,55). The summed E-state index contributed by atoms with van der Waals surface area (Å²) >= 11 is 1.67. The average molecular weight is 897 g/mol. The smallest absolute Gasteiger partial charge is 0.408 e. The monoisotopic (exact) mass is 896 g/mol. The number of fused-ring (bicyclic) bond motifs is 3. The van der Waals surface area contributed by atoms with Gasteiger partial charge >= 0.3 is 16.3 Å². The highest BCUT2D eigenvalue weighted by Gasteiger charge is 2.62. The Kier molecular flexibility index (Phi) is 13.8. The van der Waals surface area contributed by atoms with Gasteiger partial charge in [0.25, 0.3) is 11.9 Å². The van der Waals surface area contributed by atoms with Crippen LogP contribution in [0.3, 0.4) is 0 Å². The van der Waals surface area contributed by atoms with Crippen LogP contribution >= 0.6 is 11.3 Å². The summed E-state index contributed by atoms with van der Waals surface area (Å²) in [6.45, 7) is 17.9. The molecule has 2 aromatic heterocycles. The van der Waals surface area contributed by atoms with E-state index in [1.807, 2.05) is 48.8 Å². The van der Waals surface area contributed by atoms with Crippen molar-refractivity contribution in [2.45, 2.75) is 154 Å². The number of nitrogens with one attached hydrogen (secondary N) is 3. The van der Waals surface area contributed by atoms with Crippen molar-refractivity contribution in [1.29, 1.82) is 0 Å². The molecule has 1 aromatic carbocycles. The molecule has 3 aromatic rings. The highest BCUT2D eigenvalue weighted by molar-refractivity contribution is 7.87. The summed E-state index contributed by atoms with van der Waals surface area (Å²) in [7, 11) is -1.58. The molecule has 62 heavy (non-hydrogen) atoms. The molecule has 2 fully saturated rings. The number of alkyl carbamates (subject to hydrolysis) is 1. The van der Waals surface area contributed by atoms with Crippen LogP contribution in [0.5, 0.6) is 6.01 Å². The topological polar surface area (TPSA) is 194 Å². The van der Waals surface area contributed by atoms with Gasteiger partial charge in [0.1, 0.15) is 39.9 Å². The van der Waals surface area contributed by atoms with Crippen LogP contribution < -0.4 is 20.1 Å². The van der Waals surface area contributed by atoms with Gasteiger partial charge in [0.15, 0.2) is 0 Å². The number of thiazole rings is 1. The maximum atomic E-state index is 14.7. The molecule has 1 aliphatic carbocycles. The van der Waals surface area contributed by atoms with Gasteiger partial charge in [-0.2, -0.15) is 17.7 Å². The van der Waals surface area contributed by atoms with E-state index in [4.69, 9.17) is 19.4 Å². The van der Waals surface area contributed by atoms with E-state index in [0.717, 1.165) is 38.9 Å². The molecule has 6 rings (SSSR count). The Labute approximate surface area is 369 Å². The molecule has 3 N–H and O–H groups in total. The third-order valence-electron chi connectivity index (χ3n) is 11.5. The number of allylic oxidation sites excluding steroid dienone is 1. The number of rotatable bonds is 10. The fourth-order valence-electron chi connectivity index (χ4n) is 8.20. The lowest BCUT2D eigenvalue weighted by molar-refractivity contribution is -0.141. The third kappa shape index (κ3) is 10.1. The van der Waals surface area contributed by atoms with Gasteiger partial charge in [-0.05, 0) is 84.3 Å². The molecule has 5 unspecified atom stereocenters. The molecular formula is C44H64N8O8S2. The zero-order valence-electron chi connectivity index (χ0n) is 37.9. The van der Waals surface area contributed by atoms with Crippen LogP contribution in [-0.2, 0) is 29.3 Å². The lowest BCUT2D eigenvalue weighted by Gasteiger charge is -2.30. The second-order valence-corrected chi connectivity index (χ2v) is 21.8. The predicted octanol–water partition coefficient (Wildman–Crippen LogP) is 6.55. The molecule has 1 saturated heterocycles. The number of ether oxygens (including phenoxy) is 2. The normalized spacial score (nSPS) is 23.9. The molecule has 1 saturated carbocycles. The molecule has 0 radical (unpaired) electrons. The molecule has 4 amide bonds. The Morgan fingerprint density at radius 3 is 2.39 bits per heavy atom. The van der Waals surface area contributed by atoms with Crippen LogP contribution in [-0.4, -0.2) is 106 Å². The van der Waals surface area contributed by atoms with Crippen LogP contribution in [0.25, 0.3) is 21.6 Å². The van der Waals surface area contributed by atoms with E-state index in [2.05, 4.69) is 43.1 Å². The summed E-state index contributed by atoms with van der Waals surface area (Å²) in [5.74, 6) is -1.93. The summed E-state index contributed by atoms with van der Waals surface area (Å²) in [5.41, 5.74) is 1.12. The Morgan fingerprint density at radius 1 is 1.03 bits per heavy atom. The number of carbonyl (C=O) groups excluding carboxylic acids is 4. The maximum Gasteiger partial charge on any atom is 0.408 e. The van der Waals surface area contributed by atoms with E-state index in [0.29, 0.717) is 36.7 Å².